The van der Waals surface area contributed by atoms with Gasteiger partial charge in [-0.2, -0.15) is 5.10 Å². The maximum atomic E-state index is 13.3. The number of pyridine rings is 1. The van der Waals surface area contributed by atoms with Crippen LogP contribution in [-0.4, -0.2) is 42.6 Å². The number of aliphatic hydroxyl groups excluding tert-OH is 1. The summed E-state index contributed by atoms with van der Waals surface area (Å²) in [4.78, 5) is 22.5. The molecule has 1 aliphatic heterocycles. The molecular formula is C23H24N6O2. The Morgan fingerprint density at radius 2 is 2.10 bits per heavy atom. The molecule has 1 aromatic carbocycles. The highest BCUT2D eigenvalue weighted by molar-refractivity contribution is 5.75. The number of hydrogen-bond donors (Lipinski definition) is 2. The van der Waals surface area contributed by atoms with E-state index in [4.69, 9.17) is 5.11 Å². The lowest BCUT2D eigenvalue weighted by Crippen LogP contribution is -2.28. The largest absolute Gasteiger partial charge is 0.394 e. The van der Waals surface area contributed by atoms with Crippen molar-refractivity contribution in [3.63, 3.8) is 0 Å². The Labute approximate surface area is 179 Å². The predicted octanol–water partition coefficient (Wildman–Crippen LogP) is 2.06. The maximum Gasteiger partial charge on any atom is 0.255 e. The zero-order chi connectivity index (χ0) is 21.4. The van der Waals surface area contributed by atoms with Crippen LogP contribution in [0.25, 0.3) is 11.0 Å². The quantitative estimate of drug-likeness (QED) is 0.517. The van der Waals surface area contributed by atoms with Gasteiger partial charge in [0.15, 0.2) is 0 Å². The number of rotatable bonds is 5. The number of fused-ring (bicyclic) bond motifs is 2. The number of hydrogen-bond acceptors (Lipinski definition) is 6. The van der Waals surface area contributed by atoms with E-state index in [1.54, 1.807) is 28.7 Å². The van der Waals surface area contributed by atoms with Crippen molar-refractivity contribution in [2.45, 2.75) is 25.3 Å². The molecule has 0 amide bonds. The maximum absolute atomic E-state index is 13.3. The van der Waals surface area contributed by atoms with Crippen LogP contribution < -0.4 is 10.9 Å². The fourth-order valence-corrected chi connectivity index (χ4v) is 4.34. The van der Waals surface area contributed by atoms with Crippen LogP contribution in [-0.2, 0) is 20.0 Å². The van der Waals surface area contributed by atoms with Gasteiger partial charge in [-0.05, 0) is 29.7 Å². The van der Waals surface area contributed by atoms with Crippen molar-refractivity contribution < 1.29 is 5.11 Å². The highest BCUT2D eigenvalue weighted by atomic mass is 16.3. The number of aliphatic hydroxyl groups is 1. The Morgan fingerprint density at radius 3 is 2.97 bits per heavy atom. The normalized spacial score (nSPS) is 15.6. The van der Waals surface area contributed by atoms with Gasteiger partial charge in [0.25, 0.3) is 5.56 Å². The van der Waals surface area contributed by atoms with Crippen LogP contribution in [0.4, 0.5) is 5.69 Å². The Kier molecular flexibility index (Phi) is 4.99. The molecule has 0 saturated carbocycles. The molecule has 0 spiro atoms. The van der Waals surface area contributed by atoms with E-state index in [0.29, 0.717) is 24.4 Å². The van der Waals surface area contributed by atoms with Crippen molar-refractivity contribution in [2.24, 2.45) is 7.05 Å². The number of para-hydroxylation sites is 1. The third-order valence-corrected chi connectivity index (χ3v) is 5.86. The number of anilines is 1. The molecule has 0 aliphatic carbocycles. The van der Waals surface area contributed by atoms with Crippen molar-refractivity contribution in [2.75, 3.05) is 18.5 Å². The molecule has 0 radical (unpaired) electrons. The standard InChI is InChI=1S/C23H24N6O2/c1-28-22-16(13-25-21(27-22)10-15-12-26-29(14-15)8-9-30)11-19(23(28)31)17-6-7-24-20-5-3-2-4-18(17)20/h2-5,11-14,17,24,30H,6-10H2,1H3. The lowest BCUT2D eigenvalue weighted by atomic mass is 9.85. The van der Waals surface area contributed by atoms with Gasteiger partial charge in [-0.15, -0.1) is 0 Å². The van der Waals surface area contributed by atoms with Gasteiger partial charge in [-0.25, -0.2) is 9.97 Å². The molecular weight excluding hydrogens is 392 g/mol. The van der Waals surface area contributed by atoms with E-state index in [1.165, 1.54) is 0 Å². The van der Waals surface area contributed by atoms with Crippen LogP contribution in [0.2, 0.25) is 0 Å². The molecule has 3 aromatic heterocycles. The summed E-state index contributed by atoms with van der Waals surface area (Å²) in [5, 5.41) is 17.5. The highest BCUT2D eigenvalue weighted by Gasteiger charge is 2.25. The summed E-state index contributed by atoms with van der Waals surface area (Å²) in [6.45, 7) is 1.33. The molecule has 4 aromatic rings. The number of nitrogens with zero attached hydrogens (tertiary/aromatic N) is 5. The van der Waals surface area contributed by atoms with Gasteiger partial charge in [0.1, 0.15) is 11.5 Å². The van der Waals surface area contributed by atoms with Crippen LogP contribution in [0.1, 0.15) is 34.9 Å². The van der Waals surface area contributed by atoms with Gasteiger partial charge in [0.2, 0.25) is 0 Å². The molecule has 8 nitrogen and oxygen atoms in total. The Balaban J connectivity index is 1.52. The summed E-state index contributed by atoms with van der Waals surface area (Å²) in [5.74, 6) is 0.684. The van der Waals surface area contributed by atoms with Crippen molar-refractivity contribution in [1.82, 2.24) is 24.3 Å². The second-order valence-corrected chi connectivity index (χ2v) is 7.90. The molecule has 0 saturated heterocycles. The molecule has 1 atom stereocenters. The van der Waals surface area contributed by atoms with Gasteiger partial charge < -0.3 is 10.4 Å². The molecule has 1 unspecified atom stereocenters. The summed E-state index contributed by atoms with van der Waals surface area (Å²) in [6.07, 6.45) is 6.81. The summed E-state index contributed by atoms with van der Waals surface area (Å²) in [6, 6.07) is 10.1. The monoisotopic (exact) mass is 416 g/mol. The van der Waals surface area contributed by atoms with E-state index in [9.17, 15) is 4.79 Å². The first-order chi connectivity index (χ1) is 15.1. The van der Waals surface area contributed by atoms with Crippen molar-refractivity contribution in [1.29, 1.82) is 0 Å². The zero-order valence-corrected chi connectivity index (χ0v) is 17.3. The molecule has 8 heteroatoms. The van der Waals surface area contributed by atoms with Crippen LogP contribution in [0.15, 0.2) is 53.7 Å². The molecule has 0 bridgehead atoms. The zero-order valence-electron chi connectivity index (χ0n) is 17.3. The summed E-state index contributed by atoms with van der Waals surface area (Å²) >= 11 is 0. The number of aromatic nitrogens is 5. The lowest BCUT2D eigenvalue weighted by Gasteiger charge is -2.27. The lowest BCUT2D eigenvalue weighted by molar-refractivity contribution is 0.269. The minimum Gasteiger partial charge on any atom is -0.394 e. The van der Waals surface area contributed by atoms with E-state index in [1.807, 2.05) is 24.4 Å². The van der Waals surface area contributed by atoms with E-state index in [0.717, 1.165) is 40.7 Å². The Hall–Kier alpha value is -3.52. The minimum absolute atomic E-state index is 0.0189. The fourth-order valence-electron chi connectivity index (χ4n) is 4.34. The average molecular weight is 416 g/mol. The smallest absolute Gasteiger partial charge is 0.255 e. The predicted molar refractivity (Wildman–Crippen MR) is 118 cm³/mol. The van der Waals surface area contributed by atoms with Gasteiger partial charge >= 0.3 is 0 Å². The molecule has 4 heterocycles. The number of nitrogens with one attached hydrogen (secondary N) is 1. The fraction of sp³-hybridized carbons (Fsp3) is 0.304. The summed E-state index contributed by atoms with van der Waals surface area (Å²) in [5.41, 5.74) is 4.60. The van der Waals surface area contributed by atoms with E-state index in [2.05, 4.69) is 32.5 Å². The molecule has 5 rings (SSSR count). The summed E-state index contributed by atoms with van der Waals surface area (Å²) in [7, 11) is 1.78. The van der Waals surface area contributed by atoms with Crippen molar-refractivity contribution in [3.05, 3.63) is 81.8 Å². The Bertz CT molecular complexity index is 1310. The third-order valence-electron chi connectivity index (χ3n) is 5.86. The Morgan fingerprint density at radius 1 is 1.23 bits per heavy atom. The van der Waals surface area contributed by atoms with Crippen molar-refractivity contribution >= 4 is 16.7 Å². The molecule has 158 valence electrons. The highest BCUT2D eigenvalue weighted by Crippen LogP contribution is 2.35. The summed E-state index contributed by atoms with van der Waals surface area (Å²) < 4.78 is 3.32. The van der Waals surface area contributed by atoms with Crippen LogP contribution in [0.5, 0.6) is 0 Å². The van der Waals surface area contributed by atoms with Gasteiger partial charge in [-0.1, -0.05) is 18.2 Å². The average Bonchev–Trinajstić information content (AvgIpc) is 3.23. The van der Waals surface area contributed by atoms with Crippen LogP contribution in [0.3, 0.4) is 0 Å². The van der Waals surface area contributed by atoms with E-state index < -0.39 is 0 Å². The van der Waals surface area contributed by atoms with Crippen LogP contribution >= 0.6 is 0 Å². The minimum atomic E-state index is -0.0189. The number of aryl methyl sites for hydroxylation is 1. The molecule has 1 aliphatic rings. The molecule has 2 N–H and O–H groups in total. The first-order valence-corrected chi connectivity index (χ1v) is 10.4. The van der Waals surface area contributed by atoms with Crippen molar-refractivity contribution in [3.8, 4) is 0 Å². The van der Waals surface area contributed by atoms with E-state index >= 15 is 0 Å². The van der Waals surface area contributed by atoms with Gasteiger partial charge in [-0.3, -0.25) is 14.0 Å². The van der Waals surface area contributed by atoms with Gasteiger partial charge in [0.05, 0.1) is 19.3 Å². The van der Waals surface area contributed by atoms with Gasteiger partial charge in [0, 0.05) is 55.0 Å². The van der Waals surface area contributed by atoms with E-state index in [-0.39, 0.29) is 18.1 Å². The third kappa shape index (κ3) is 3.59. The second kappa shape index (κ2) is 7.96. The number of benzene rings is 1. The molecule has 0 fully saturated rings. The van der Waals surface area contributed by atoms with Crippen LogP contribution in [0, 0.1) is 0 Å². The second-order valence-electron chi connectivity index (χ2n) is 7.90. The topological polar surface area (TPSA) is 97.9 Å². The first kappa shape index (κ1) is 19.4. The molecule has 31 heavy (non-hydrogen) atoms. The SMILES string of the molecule is Cn1c(=O)c(C2CCNc3ccccc32)cc2cnc(Cc3cnn(CCO)c3)nc21. The first-order valence-electron chi connectivity index (χ1n) is 10.4.